The second-order valence-corrected chi connectivity index (χ2v) is 4.92. The van der Waals surface area contributed by atoms with Crippen LogP contribution in [0.2, 0.25) is 0 Å². The van der Waals surface area contributed by atoms with Crippen molar-refractivity contribution in [3.8, 4) is 0 Å². The van der Waals surface area contributed by atoms with E-state index in [0.717, 1.165) is 0 Å². The van der Waals surface area contributed by atoms with Gasteiger partial charge in [-0.2, -0.15) is 4.76 Å². The Balaban J connectivity index is 3.13. The molecule has 0 aliphatic carbocycles. The Kier molecular flexibility index (Phi) is 3.31. The van der Waals surface area contributed by atoms with E-state index in [0.29, 0.717) is 5.62 Å². The van der Waals surface area contributed by atoms with Gasteiger partial charge < -0.3 is 4.57 Å². The van der Waals surface area contributed by atoms with E-state index in [9.17, 15) is 0 Å². The van der Waals surface area contributed by atoms with Crippen molar-refractivity contribution in [1.29, 1.82) is 0 Å². The molecule has 0 fully saturated rings. The Labute approximate surface area is 75.1 Å². The number of halogens is 2. The summed E-state index contributed by atoms with van der Waals surface area (Å²) in [5.74, 6) is 0. The van der Waals surface area contributed by atoms with Crippen LogP contribution in [-0.4, -0.2) is 9.55 Å². The minimum atomic E-state index is -1.31. The van der Waals surface area contributed by atoms with Crippen molar-refractivity contribution in [2.75, 3.05) is 0 Å². The molecule has 0 aliphatic heterocycles. The van der Waals surface area contributed by atoms with E-state index in [1.807, 2.05) is 19.3 Å². The fourth-order valence-electron chi connectivity index (χ4n) is 0.599. The van der Waals surface area contributed by atoms with Crippen LogP contribution in [0.15, 0.2) is 23.2 Å². The average molecular weight is 210 g/mol. The first-order valence-electron chi connectivity index (χ1n) is 2.84. The van der Waals surface area contributed by atoms with Gasteiger partial charge in [-0.15, -0.1) is 0 Å². The van der Waals surface area contributed by atoms with E-state index >= 15 is 0 Å². The highest BCUT2D eigenvalue weighted by molar-refractivity contribution is 8.02. The maximum atomic E-state index is 5.49. The highest BCUT2D eigenvalue weighted by atomic mass is 35.9. The molecule has 1 heterocycles. The van der Waals surface area contributed by atoms with E-state index in [-0.39, 0.29) is 0 Å². The fourth-order valence-corrected chi connectivity index (χ4v) is 1.33. The van der Waals surface area contributed by atoms with Crippen molar-refractivity contribution in [3.63, 3.8) is 0 Å². The molecule has 6 heteroatoms. The van der Waals surface area contributed by atoms with E-state index in [2.05, 4.69) is 9.75 Å². The van der Waals surface area contributed by atoms with Crippen molar-refractivity contribution in [1.82, 2.24) is 9.55 Å². The number of hydrogen-bond donors (Lipinski definition) is 0. The quantitative estimate of drug-likeness (QED) is 0.652. The van der Waals surface area contributed by atoms with Crippen molar-refractivity contribution in [2.24, 2.45) is 11.8 Å². The number of rotatable bonds is 1. The molecule has 11 heavy (non-hydrogen) atoms. The van der Waals surface area contributed by atoms with Gasteiger partial charge in [0.1, 0.15) is 0 Å². The normalized spacial score (nSPS) is 12.5. The molecule has 1 aromatic rings. The maximum Gasteiger partial charge on any atom is 0.230 e. The Morgan fingerprint density at radius 2 is 2.36 bits per heavy atom. The van der Waals surface area contributed by atoms with Crippen LogP contribution < -0.4 is 5.62 Å². The van der Waals surface area contributed by atoms with Crippen molar-refractivity contribution in [2.45, 2.75) is 0 Å². The third-order valence-corrected chi connectivity index (χ3v) is 1.85. The lowest BCUT2D eigenvalue weighted by Gasteiger charge is -1.96. The number of hydrogen-bond acceptors (Lipinski definition) is 2. The number of nitrogens with zero attached hydrogens (tertiary/aromatic N) is 3. The van der Waals surface area contributed by atoms with Crippen LogP contribution in [0.1, 0.15) is 0 Å². The van der Waals surface area contributed by atoms with Gasteiger partial charge in [-0.3, -0.25) is 0 Å². The first-order valence-corrected chi connectivity index (χ1v) is 5.94. The molecular weight excluding hydrogens is 204 g/mol. The van der Waals surface area contributed by atoms with Crippen molar-refractivity contribution >= 4 is 29.3 Å². The standard InChI is InChI=1S/C5H6Cl2N3P/c1-10-4-2-3-8-5(10)9-11(6)7/h2-4H,1H3/b9-5+. The number of aromatic nitrogens is 2. The molecule has 1 rings (SSSR count). The summed E-state index contributed by atoms with van der Waals surface area (Å²) in [6.45, 7) is -1.31. The van der Waals surface area contributed by atoms with Crippen LogP contribution in [0, 0.1) is 0 Å². The first kappa shape index (κ1) is 8.98. The van der Waals surface area contributed by atoms with E-state index in [1.165, 1.54) is 0 Å². The Morgan fingerprint density at radius 1 is 1.64 bits per heavy atom. The van der Waals surface area contributed by atoms with E-state index < -0.39 is 6.78 Å². The lowest BCUT2D eigenvalue weighted by Crippen LogP contribution is -2.19. The first-order chi connectivity index (χ1) is 5.20. The summed E-state index contributed by atoms with van der Waals surface area (Å²) in [7, 11) is 1.83. The highest BCUT2D eigenvalue weighted by Gasteiger charge is 1.93. The lowest BCUT2D eigenvalue weighted by atomic mass is 10.7. The highest BCUT2D eigenvalue weighted by Crippen LogP contribution is 2.47. The largest absolute Gasteiger partial charge is 0.320 e. The molecule has 0 amide bonds. The Morgan fingerprint density at radius 3 is 2.91 bits per heavy atom. The molecule has 1 aromatic heterocycles. The summed E-state index contributed by atoms with van der Waals surface area (Å²) < 4.78 is 5.66. The second-order valence-electron chi connectivity index (χ2n) is 1.85. The SMILES string of the molecule is Cn1cccn/c1=N\P(Cl)Cl. The van der Waals surface area contributed by atoms with Gasteiger partial charge in [0.2, 0.25) is 12.4 Å². The zero-order valence-corrected chi connectivity index (χ0v) is 8.18. The molecule has 0 N–H and O–H groups in total. The molecule has 0 saturated heterocycles. The monoisotopic (exact) mass is 209 g/mol. The summed E-state index contributed by atoms with van der Waals surface area (Å²) in [6, 6.07) is 1.81. The molecule has 0 aromatic carbocycles. The number of aryl methyl sites for hydroxylation is 1. The summed E-state index contributed by atoms with van der Waals surface area (Å²) >= 11 is 11.0. The predicted molar refractivity (Wildman–Crippen MR) is 47.4 cm³/mol. The summed E-state index contributed by atoms with van der Waals surface area (Å²) in [6.07, 6.45) is 3.48. The summed E-state index contributed by atoms with van der Waals surface area (Å²) in [4.78, 5) is 3.96. The van der Waals surface area contributed by atoms with Gasteiger partial charge in [0, 0.05) is 19.4 Å². The third-order valence-electron chi connectivity index (χ3n) is 1.07. The molecule has 0 aliphatic rings. The van der Waals surface area contributed by atoms with Crippen LogP contribution in [0.5, 0.6) is 0 Å². The second kappa shape index (κ2) is 4.05. The van der Waals surface area contributed by atoms with Gasteiger partial charge in [0.25, 0.3) is 0 Å². The Bertz CT molecular complexity index is 296. The molecule has 0 spiro atoms. The smallest absolute Gasteiger partial charge is 0.230 e. The minimum absolute atomic E-state index is 0.545. The maximum absolute atomic E-state index is 5.49. The minimum Gasteiger partial charge on any atom is -0.320 e. The molecule has 0 atom stereocenters. The van der Waals surface area contributed by atoms with Gasteiger partial charge in [-0.1, -0.05) is 22.5 Å². The molecule has 3 nitrogen and oxygen atoms in total. The van der Waals surface area contributed by atoms with Crippen molar-refractivity contribution in [3.05, 3.63) is 24.1 Å². The zero-order valence-electron chi connectivity index (χ0n) is 5.78. The van der Waals surface area contributed by atoms with Crippen LogP contribution in [0.25, 0.3) is 0 Å². The van der Waals surface area contributed by atoms with Gasteiger partial charge in [-0.05, 0) is 6.07 Å². The van der Waals surface area contributed by atoms with Crippen LogP contribution >= 0.6 is 29.3 Å². The van der Waals surface area contributed by atoms with Gasteiger partial charge in [0.15, 0.2) is 0 Å². The molecular formula is C5H6Cl2N3P. The summed E-state index contributed by atoms with van der Waals surface area (Å²) in [5.41, 5.74) is 0.545. The Hall–Kier alpha value is -0.110. The van der Waals surface area contributed by atoms with Gasteiger partial charge in [0.05, 0.1) is 0 Å². The topological polar surface area (TPSA) is 30.2 Å². The molecule has 60 valence electrons. The predicted octanol–water partition coefficient (Wildman–Crippen LogP) is 2.03. The van der Waals surface area contributed by atoms with Gasteiger partial charge in [-0.25, -0.2) is 4.98 Å². The molecule has 0 radical (unpaired) electrons. The van der Waals surface area contributed by atoms with Gasteiger partial charge >= 0.3 is 0 Å². The summed E-state index contributed by atoms with van der Waals surface area (Å²) in [5, 5.41) is 0. The van der Waals surface area contributed by atoms with Crippen molar-refractivity contribution < 1.29 is 0 Å². The fraction of sp³-hybridized carbons (Fsp3) is 0.200. The lowest BCUT2D eigenvalue weighted by molar-refractivity contribution is 0.790. The van der Waals surface area contributed by atoms with Crippen LogP contribution in [-0.2, 0) is 7.05 Å². The van der Waals surface area contributed by atoms with Crippen LogP contribution in [0.4, 0.5) is 0 Å². The zero-order chi connectivity index (χ0) is 8.27. The third kappa shape index (κ3) is 2.78. The average Bonchev–Trinajstić information content (AvgIpc) is 1.93. The molecule has 0 saturated carbocycles. The molecule has 0 bridgehead atoms. The van der Waals surface area contributed by atoms with E-state index in [1.54, 1.807) is 10.8 Å². The van der Waals surface area contributed by atoms with E-state index in [4.69, 9.17) is 22.5 Å². The molecule has 0 unspecified atom stereocenters. The van der Waals surface area contributed by atoms with Crippen LogP contribution in [0.3, 0.4) is 0 Å².